The normalized spacial score (nSPS) is 9.70. The van der Waals surface area contributed by atoms with E-state index in [0.29, 0.717) is 12.3 Å². The van der Waals surface area contributed by atoms with Crippen molar-refractivity contribution < 1.29 is 14.3 Å². The van der Waals surface area contributed by atoms with E-state index in [4.69, 9.17) is 9.47 Å². The first-order chi connectivity index (χ1) is 13.2. The minimum Gasteiger partial charge on any atom is -0.494 e. The Bertz CT molecular complexity index is 782. The molecule has 0 bridgehead atoms. The molecule has 0 saturated heterocycles. The molecular weight excluding hydrogens is 408 g/mol. The Morgan fingerprint density at radius 3 is 2.63 bits per heavy atom. The highest BCUT2D eigenvalue weighted by molar-refractivity contribution is 9.10. The number of benzene rings is 2. The van der Waals surface area contributed by atoms with Crippen molar-refractivity contribution in [2.45, 2.75) is 19.8 Å². The number of amides is 2. The number of hydrogen-bond donors (Lipinski definition) is 2. The Morgan fingerprint density at radius 2 is 1.89 bits per heavy atom. The largest absolute Gasteiger partial charge is 0.494 e. The van der Waals surface area contributed by atoms with E-state index in [-0.39, 0.29) is 19.2 Å². The standard InChI is InChI=1S/C21H23BrN2O3/c1-2-3-14-26-19-11-9-18(10-12-19)24-21(25)23-13-4-5-15-27-20-8-6-7-17(22)16-20/h6-12,16H,2-3,13-15H2,1H3,(H2,23,24,25). The van der Waals surface area contributed by atoms with Crippen LogP contribution >= 0.6 is 15.9 Å². The lowest BCUT2D eigenvalue weighted by Gasteiger charge is -2.08. The van der Waals surface area contributed by atoms with Crippen molar-refractivity contribution in [2.24, 2.45) is 0 Å². The van der Waals surface area contributed by atoms with Gasteiger partial charge in [-0.3, -0.25) is 0 Å². The number of ether oxygens (including phenoxy) is 2. The third-order valence-corrected chi connectivity index (χ3v) is 3.94. The zero-order valence-corrected chi connectivity index (χ0v) is 16.8. The van der Waals surface area contributed by atoms with Crippen molar-refractivity contribution in [3.05, 3.63) is 53.0 Å². The Morgan fingerprint density at radius 1 is 1.07 bits per heavy atom. The number of halogens is 1. The molecule has 0 unspecified atom stereocenters. The number of carbonyl (C=O) groups excluding carboxylic acids is 1. The van der Waals surface area contributed by atoms with Gasteiger partial charge in [0, 0.05) is 10.2 Å². The summed E-state index contributed by atoms with van der Waals surface area (Å²) in [6, 6.07) is 14.5. The van der Waals surface area contributed by atoms with E-state index >= 15 is 0 Å². The molecule has 0 saturated carbocycles. The van der Waals surface area contributed by atoms with E-state index in [0.717, 1.165) is 28.8 Å². The van der Waals surface area contributed by atoms with Crippen LogP contribution in [0.15, 0.2) is 53.0 Å². The van der Waals surface area contributed by atoms with Crippen LogP contribution in [0, 0.1) is 11.8 Å². The van der Waals surface area contributed by atoms with Crippen LogP contribution in [-0.4, -0.2) is 25.8 Å². The second kappa shape index (κ2) is 11.9. The summed E-state index contributed by atoms with van der Waals surface area (Å²) in [5, 5.41) is 5.43. The van der Waals surface area contributed by atoms with Gasteiger partial charge in [-0.15, -0.1) is 0 Å². The van der Waals surface area contributed by atoms with Crippen molar-refractivity contribution in [3.8, 4) is 23.3 Å². The number of rotatable bonds is 8. The predicted octanol–water partition coefficient (Wildman–Crippen LogP) is 4.83. The van der Waals surface area contributed by atoms with Gasteiger partial charge in [0.25, 0.3) is 0 Å². The number of hydrogen-bond acceptors (Lipinski definition) is 3. The summed E-state index contributed by atoms with van der Waals surface area (Å²) >= 11 is 3.38. The summed E-state index contributed by atoms with van der Waals surface area (Å²) < 4.78 is 12.0. The number of urea groups is 1. The molecule has 0 heterocycles. The zero-order valence-electron chi connectivity index (χ0n) is 15.3. The Balaban J connectivity index is 1.64. The van der Waals surface area contributed by atoms with Gasteiger partial charge < -0.3 is 20.1 Å². The van der Waals surface area contributed by atoms with Gasteiger partial charge in [-0.05, 0) is 48.9 Å². The van der Waals surface area contributed by atoms with E-state index in [1.807, 2.05) is 36.4 Å². The lowest BCUT2D eigenvalue weighted by atomic mass is 10.3. The van der Waals surface area contributed by atoms with E-state index in [1.54, 1.807) is 12.1 Å². The maximum atomic E-state index is 11.8. The third-order valence-electron chi connectivity index (χ3n) is 3.45. The molecule has 6 heteroatoms. The highest BCUT2D eigenvalue weighted by Crippen LogP contribution is 2.17. The van der Waals surface area contributed by atoms with Crippen LogP contribution in [-0.2, 0) is 0 Å². The number of nitrogens with one attached hydrogen (secondary N) is 2. The van der Waals surface area contributed by atoms with Crippen LogP contribution in [0.3, 0.4) is 0 Å². The second-order valence-electron chi connectivity index (χ2n) is 5.63. The molecule has 2 aromatic rings. The molecule has 0 aromatic heterocycles. The molecule has 0 spiro atoms. The Hall–Kier alpha value is -2.65. The lowest BCUT2D eigenvalue weighted by molar-refractivity contribution is 0.253. The Kier molecular flexibility index (Phi) is 9.08. The van der Waals surface area contributed by atoms with Gasteiger partial charge in [-0.25, -0.2) is 4.79 Å². The first-order valence-electron chi connectivity index (χ1n) is 8.79. The SMILES string of the molecule is CCCCOc1ccc(NC(=O)NCC#CCOc2cccc(Br)c2)cc1. The van der Waals surface area contributed by atoms with Gasteiger partial charge in [0.05, 0.1) is 13.2 Å². The fourth-order valence-electron chi connectivity index (χ4n) is 2.06. The van der Waals surface area contributed by atoms with Crippen molar-refractivity contribution in [1.29, 1.82) is 0 Å². The summed E-state index contributed by atoms with van der Waals surface area (Å²) in [7, 11) is 0. The lowest BCUT2D eigenvalue weighted by Crippen LogP contribution is -2.28. The van der Waals surface area contributed by atoms with Crippen LogP contribution in [0.2, 0.25) is 0 Å². The fraction of sp³-hybridized carbons (Fsp3) is 0.286. The number of anilines is 1. The molecular formula is C21H23BrN2O3. The minimum atomic E-state index is -0.308. The highest BCUT2D eigenvalue weighted by Gasteiger charge is 2.00. The van der Waals surface area contributed by atoms with E-state index in [1.165, 1.54) is 0 Å². The second-order valence-corrected chi connectivity index (χ2v) is 6.55. The molecule has 2 N–H and O–H groups in total. The first-order valence-corrected chi connectivity index (χ1v) is 9.58. The minimum absolute atomic E-state index is 0.242. The molecule has 0 aliphatic rings. The molecule has 27 heavy (non-hydrogen) atoms. The maximum absolute atomic E-state index is 11.8. The van der Waals surface area contributed by atoms with Crippen LogP contribution in [0.1, 0.15) is 19.8 Å². The van der Waals surface area contributed by atoms with Crippen LogP contribution < -0.4 is 20.1 Å². The van der Waals surface area contributed by atoms with Crippen molar-refractivity contribution >= 4 is 27.6 Å². The topological polar surface area (TPSA) is 59.6 Å². The van der Waals surface area contributed by atoms with Crippen LogP contribution in [0.5, 0.6) is 11.5 Å². The van der Waals surface area contributed by atoms with Crippen molar-refractivity contribution in [1.82, 2.24) is 5.32 Å². The Labute approximate surface area is 168 Å². The molecule has 5 nitrogen and oxygen atoms in total. The maximum Gasteiger partial charge on any atom is 0.319 e. The van der Waals surface area contributed by atoms with E-state index < -0.39 is 0 Å². The predicted molar refractivity (Wildman–Crippen MR) is 111 cm³/mol. The van der Waals surface area contributed by atoms with Gasteiger partial charge in [-0.1, -0.05) is 47.2 Å². The highest BCUT2D eigenvalue weighted by atomic mass is 79.9. The van der Waals surface area contributed by atoms with Gasteiger partial charge in [-0.2, -0.15) is 0 Å². The summed E-state index contributed by atoms with van der Waals surface area (Å²) in [4.78, 5) is 11.8. The van der Waals surface area contributed by atoms with E-state index in [2.05, 4.69) is 45.3 Å². The fourth-order valence-corrected chi connectivity index (χ4v) is 2.44. The van der Waals surface area contributed by atoms with Crippen LogP contribution in [0.4, 0.5) is 10.5 Å². The molecule has 0 fully saturated rings. The zero-order chi connectivity index (χ0) is 19.3. The monoisotopic (exact) mass is 430 g/mol. The van der Waals surface area contributed by atoms with Gasteiger partial charge in [0.2, 0.25) is 0 Å². The average Bonchev–Trinajstić information content (AvgIpc) is 2.66. The molecule has 2 rings (SSSR count). The summed E-state index contributed by atoms with van der Waals surface area (Å²) in [6.07, 6.45) is 2.12. The molecule has 2 aromatic carbocycles. The first kappa shape index (κ1) is 20.7. The van der Waals surface area contributed by atoms with Gasteiger partial charge >= 0.3 is 6.03 Å². The summed E-state index contributed by atoms with van der Waals surface area (Å²) in [5.41, 5.74) is 0.696. The quantitative estimate of drug-likeness (QED) is 0.465. The number of unbranched alkanes of at least 4 members (excludes halogenated alkanes) is 1. The smallest absolute Gasteiger partial charge is 0.319 e. The summed E-state index contributed by atoms with van der Waals surface area (Å²) in [5.74, 6) is 7.24. The number of carbonyl (C=O) groups is 1. The average molecular weight is 431 g/mol. The van der Waals surface area contributed by atoms with Gasteiger partial charge in [0.1, 0.15) is 18.1 Å². The van der Waals surface area contributed by atoms with Crippen molar-refractivity contribution in [3.63, 3.8) is 0 Å². The molecule has 0 atom stereocenters. The summed E-state index contributed by atoms with van der Waals surface area (Å²) in [6.45, 7) is 3.33. The van der Waals surface area contributed by atoms with Crippen LogP contribution in [0.25, 0.3) is 0 Å². The molecule has 0 radical (unpaired) electrons. The third kappa shape index (κ3) is 8.52. The molecule has 0 aliphatic carbocycles. The van der Waals surface area contributed by atoms with Crippen molar-refractivity contribution in [2.75, 3.05) is 25.1 Å². The molecule has 2 amide bonds. The van der Waals surface area contributed by atoms with E-state index in [9.17, 15) is 4.79 Å². The molecule has 0 aliphatic heterocycles. The van der Waals surface area contributed by atoms with Gasteiger partial charge in [0.15, 0.2) is 0 Å². The molecule has 142 valence electrons.